The molecular weight excluding hydrogens is 376 g/mol. The molecule has 0 bridgehead atoms. The fourth-order valence-electron chi connectivity index (χ4n) is 4.14. The second-order valence-electron chi connectivity index (χ2n) is 8.19. The molecule has 1 aromatic heterocycles. The van der Waals surface area contributed by atoms with Crippen molar-refractivity contribution in [1.29, 1.82) is 0 Å². The van der Waals surface area contributed by atoms with Crippen molar-refractivity contribution in [3.05, 3.63) is 23.9 Å². The topological polar surface area (TPSA) is 82.6 Å². The van der Waals surface area contributed by atoms with Crippen LogP contribution in [-0.4, -0.2) is 55.1 Å². The Balaban J connectivity index is 1.47. The Hall–Kier alpha value is -1.51. The lowest BCUT2D eigenvalue weighted by Crippen LogP contribution is -2.44. The molecule has 28 heavy (non-hydrogen) atoms. The highest BCUT2D eigenvalue weighted by molar-refractivity contribution is 7.86. The molecule has 0 spiro atoms. The van der Waals surface area contributed by atoms with Crippen molar-refractivity contribution >= 4 is 21.9 Å². The average molecular weight is 409 g/mol. The molecule has 0 atom stereocenters. The molecule has 1 aliphatic carbocycles. The minimum absolute atomic E-state index is 0.0941. The van der Waals surface area contributed by atoms with Gasteiger partial charge in [0.25, 0.3) is 10.2 Å². The lowest BCUT2D eigenvalue weighted by atomic mass is 9.91. The number of aryl methyl sites for hydroxylation is 1. The van der Waals surface area contributed by atoms with Crippen LogP contribution in [0.1, 0.15) is 50.5 Å². The van der Waals surface area contributed by atoms with Gasteiger partial charge in [-0.05, 0) is 62.1 Å². The predicted octanol–water partition coefficient (Wildman–Crippen LogP) is 2.66. The van der Waals surface area contributed by atoms with E-state index in [0.29, 0.717) is 24.8 Å². The first-order chi connectivity index (χ1) is 13.4. The maximum absolute atomic E-state index is 12.3. The van der Waals surface area contributed by atoms with Crippen LogP contribution >= 0.6 is 0 Å². The van der Waals surface area contributed by atoms with Gasteiger partial charge in [-0.2, -0.15) is 17.0 Å². The Bertz CT molecular complexity index is 767. The van der Waals surface area contributed by atoms with E-state index in [1.807, 2.05) is 12.1 Å². The third-order valence-corrected chi connectivity index (χ3v) is 7.94. The third kappa shape index (κ3) is 5.30. The molecule has 0 radical (unpaired) electrons. The maximum Gasteiger partial charge on any atom is 0.281 e. The lowest BCUT2D eigenvalue weighted by Gasteiger charge is -2.32. The standard InChI is InChI=1S/C20H32N4O3S/c1-23(2)28(26,27)24-13-10-16(11-14-24)7-8-17-9-12-21-19(15-17)22-20(25)18-5-3-4-6-18/h9,12,15-16,18H,3-8,10-11,13-14H2,1-2H3,(H,21,22,25). The zero-order valence-electron chi connectivity index (χ0n) is 16.9. The van der Waals surface area contributed by atoms with Crippen LogP contribution < -0.4 is 5.32 Å². The summed E-state index contributed by atoms with van der Waals surface area (Å²) in [6, 6.07) is 3.97. The van der Waals surface area contributed by atoms with Gasteiger partial charge in [-0.1, -0.05) is 12.8 Å². The summed E-state index contributed by atoms with van der Waals surface area (Å²) in [5, 5.41) is 2.97. The second kappa shape index (κ2) is 9.33. The van der Waals surface area contributed by atoms with Crippen LogP contribution in [0.15, 0.2) is 18.3 Å². The van der Waals surface area contributed by atoms with Crippen LogP contribution in [-0.2, 0) is 21.4 Å². The van der Waals surface area contributed by atoms with Gasteiger partial charge in [-0.15, -0.1) is 0 Å². The smallest absolute Gasteiger partial charge is 0.281 e. The number of rotatable bonds is 7. The van der Waals surface area contributed by atoms with Gasteiger partial charge in [0.2, 0.25) is 5.91 Å². The molecule has 1 amide bonds. The van der Waals surface area contributed by atoms with Crippen LogP contribution in [0.5, 0.6) is 0 Å². The summed E-state index contributed by atoms with van der Waals surface area (Å²) in [6.45, 7) is 1.18. The summed E-state index contributed by atoms with van der Waals surface area (Å²) in [5.74, 6) is 1.39. The Morgan fingerprint density at radius 2 is 1.89 bits per heavy atom. The van der Waals surface area contributed by atoms with E-state index in [-0.39, 0.29) is 11.8 Å². The molecule has 3 rings (SSSR count). The van der Waals surface area contributed by atoms with Gasteiger partial charge in [-0.3, -0.25) is 4.79 Å². The third-order valence-electron chi connectivity index (χ3n) is 6.00. The van der Waals surface area contributed by atoms with E-state index in [2.05, 4.69) is 10.3 Å². The summed E-state index contributed by atoms with van der Waals surface area (Å²) in [6.07, 6.45) is 9.72. The molecule has 1 saturated heterocycles. The molecule has 1 aromatic rings. The van der Waals surface area contributed by atoms with E-state index in [9.17, 15) is 13.2 Å². The average Bonchev–Trinajstić information content (AvgIpc) is 3.22. The molecule has 156 valence electrons. The van der Waals surface area contributed by atoms with E-state index >= 15 is 0 Å². The molecule has 0 aromatic carbocycles. The number of hydrogen-bond acceptors (Lipinski definition) is 4. The highest BCUT2D eigenvalue weighted by atomic mass is 32.2. The monoisotopic (exact) mass is 408 g/mol. The van der Waals surface area contributed by atoms with Crippen molar-refractivity contribution in [2.75, 3.05) is 32.5 Å². The first-order valence-corrected chi connectivity index (χ1v) is 11.7. The van der Waals surface area contributed by atoms with Gasteiger partial charge in [0.15, 0.2) is 0 Å². The fraction of sp³-hybridized carbons (Fsp3) is 0.700. The molecule has 8 heteroatoms. The first kappa shape index (κ1) is 21.2. The van der Waals surface area contributed by atoms with Gasteiger partial charge in [0.1, 0.15) is 5.82 Å². The molecule has 7 nitrogen and oxygen atoms in total. The van der Waals surface area contributed by atoms with E-state index in [1.165, 1.54) is 9.87 Å². The van der Waals surface area contributed by atoms with E-state index in [4.69, 9.17) is 0 Å². The summed E-state index contributed by atoms with van der Waals surface area (Å²) < 4.78 is 27.3. The van der Waals surface area contributed by atoms with Crippen molar-refractivity contribution in [2.45, 2.75) is 51.4 Å². The number of amides is 1. The Morgan fingerprint density at radius 3 is 2.54 bits per heavy atom. The van der Waals surface area contributed by atoms with E-state index in [0.717, 1.165) is 51.4 Å². The number of carbonyl (C=O) groups is 1. The highest BCUT2D eigenvalue weighted by Crippen LogP contribution is 2.27. The number of carbonyl (C=O) groups excluding carboxylic acids is 1. The number of piperidine rings is 1. The number of pyridine rings is 1. The molecule has 2 fully saturated rings. The van der Waals surface area contributed by atoms with Crippen LogP contribution in [0.3, 0.4) is 0 Å². The predicted molar refractivity (Wildman–Crippen MR) is 110 cm³/mol. The zero-order valence-corrected chi connectivity index (χ0v) is 17.7. The van der Waals surface area contributed by atoms with Crippen LogP contribution in [0.2, 0.25) is 0 Å². The Morgan fingerprint density at radius 1 is 1.21 bits per heavy atom. The minimum Gasteiger partial charge on any atom is -0.310 e. The molecule has 1 saturated carbocycles. The van der Waals surface area contributed by atoms with Crippen molar-refractivity contribution in [3.8, 4) is 0 Å². The lowest BCUT2D eigenvalue weighted by molar-refractivity contribution is -0.119. The van der Waals surface area contributed by atoms with Crippen molar-refractivity contribution in [3.63, 3.8) is 0 Å². The SMILES string of the molecule is CN(C)S(=O)(=O)N1CCC(CCc2ccnc(NC(=O)C3CCCC3)c2)CC1. The molecular formula is C20H32N4O3S. The minimum atomic E-state index is -3.30. The summed E-state index contributed by atoms with van der Waals surface area (Å²) in [4.78, 5) is 16.6. The number of hydrogen-bond donors (Lipinski definition) is 1. The van der Waals surface area contributed by atoms with Crippen molar-refractivity contribution in [1.82, 2.24) is 13.6 Å². The molecule has 1 aliphatic heterocycles. The van der Waals surface area contributed by atoms with Gasteiger partial charge in [0, 0.05) is 39.3 Å². The summed E-state index contributed by atoms with van der Waals surface area (Å²) in [7, 11) is -0.142. The van der Waals surface area contributed by atoms with Gasteiger partial charge < -0.3 is 5.32 Å². The number of nitrogens with one attached hydrogen (secondary N) is 1. The number of nitrogens with zero attached hydrogens (tertiary/aromatic N) is 3. The van der Waals surface area contributed by atoms with Crippen molar-refractivity contribution < 1.29 is 13.2 Å². The number of anilines is 1. The van der Waals surface area contributed by atoms with E-state index < -0.39 is 10.2 Å². The highest BCUT2D eigenvalue weighted by Gasteiger charge is 2.29. The molecule has 0 unspecified atom stereocenters. The second-order valence-corrected chi connectivity index (χ2v) is 10.3. The Kier molecular flexibility index (Phi) is 7.06. The van der Waals surface area contributed by atoms with Gasteiger partial charge in [-0.25, -0.2) is 4.98 Å². The van der Waals surface area contributed by atoms with Gasteiger partial charge in [0.05, 0.1) is 0 Å². The summed E-state index contributed by atoms with van der Waals surface area (Å²) >= 11 is 0. The van der Waals surface area contributed by atoms with Crippen LogP contribution in [0.4, 0.5) is 5.82 Å². The zero-order chi connectivity index (χ0) is 20.1. The van der Waals surface area contributed by atoms with Gasteiger partial charge >= 0.3 is 0 Å². The number of aromatic nitrogens is 1. The quantitative estimate of drug-likeness (QED) is 0.752. The fourth-order valence-corrected chi connectivity index (χ4v) is 5.28. The van der Waals surface area contributed by atoms with Crippen LogP contribution in [0.25, 0.3) is 0 Å². The molecule has 1 N–H and O–H groups in total. The maximum atomic E-state index is 12.3. The largest absolute Gasteiger partial charge is 0.310 e. The Labute approximate surface area is 168 Å². The van der Waals surface area contributed by atoms with Crippen molar-refractivity contribution in [2.24, 2.45) is 11.8 Å². The van der Waals surface area contributed by atoms with E-state index in [1.54, 1.807) is 24.6 Å². The first-order valence-electron chi connectivity index (χ1n) is 10.3. The van der Waals surface area contributed by atoms with Crippen LogP contribution in [0, 0.1) is 11.8 Å². The normalized spacial score (nSPS) is 20.0. The molecule has 2 aliphatic rings. The summed E-state index contributed by atoms with van der Waals surface area (Å²) in [5.41, 5.74) is 1.17. The molecule has 2 heterocycles.